The van der Waals surface area contributed by atoms with Crippen molar-refractivity contribution in [3.8, 4) is 0 Å². The maximum absolute atomic E-state index is 11.4. The second-order valence-corrected chi connectivity index (χ2v) is 6.07. The Balaban J connectivity index is 3.99. The maximum Gasteiger partial charge on any atom is 0.407 e. The van der Waals surface area contributed by atoms with Gasteiger partial charge in [-0.25, -0.2) is 4.79 Å². The van der Waals surface area contributed by atoms with Crippen LogP contribution in [0, 0.1) is 0 Å². The van der Waals surface area contributed by atoms with Crippen molar-refractivity contribution in [1.82, 2.24) is 15.1 Å². The summed E-state index contributed by atoms with van der Waals surface area (Å²) in [5.74, 6) is 0. The first-order chi connectivity index (χ1) is 9.81. The predicted octanol–water partition coefficient (Wildman–Crippen LogP) is 2.56. The number of amides is 1. The van der Waals surface area contributed by atoms with Gasteiger partial charge in [0.05, 0.1) is 0 Å². The van der Waals surface area contributed by atoms with E-state index in [4.69, 9.17) is 4.74 Å². The molecule has 5 heteroatoms. The molecule has 0 spiro atoms. The summed E-state index contributed by atoms with van der Waals surface area (Å²) in [6, 6.07) is 1.16. The van der Waals surface area contributed by atoms with E-state index in [0.717, 1.165) is 26.1 Å². The second kappa shape index (κ2) is 10.9. The molecule has 0 aromatic heterocycles. The molecule has 0 fully saturated rings. The van der Waals surface area contributed by atoms with Gasteiger partial charge in [-0.2, -0.15) is 0 Å². The van der Waals surface area contributed by atoms with Gasteiger partial charge in [-0.15, -0.1) is 0 Å². The topological polar surface area (TPSA) is 44.8 Å². The highest BCUT2D eigenvalue weighted by molar-refractivity contribution is 5.67. The van der Waals surface area contributed by atoms with Gasteiger partial charge in [-0.1, -0.05) is 13.8 Å². The molecule has 0 aliphatic heterocycles. The Morgan fingerprint density at radius 3 is 2.14 bits per heavy atom. The van der Waals surface area contributed by atoms with Crippen LogP contribution in [0.3, 0.4) is 0 Å². The Labute approximate surface area is 131 Å². The molecule has 0 aromatic carbocycles. The van der Waals surface area contributed by atoms with Gasteiger partial charge in [0.1, 0.15) is 6.61 Å². The van der Waals surface area contributed by atoms with E-state index >= 15 is 0 Å². The molecule has 2 atom stereocenters. The van der Waals surface area contributed by atoms with Crippen LogP contribution < -0.4 is 5.32 Å². The first kappa shape index (κ1) is 20.2. The van der Waals surface area contributed by atoms with Crippen LogP contribution in [0.1, 0.15) is 48.0 Å². The van der Waals surface area contributed by atoms with Crippen molar-refractivity contribution < 1.29 is 9.53 Å². The van der Waals surface area contributed by atoms with Gasteiger partial charge in [0.15, 0.2) is 0 Å². The summed E-state index contributed by atoms with van der Waals surface area (Å²) >= 11 is 0. The average molecular weight is 301 g/mol. The van der Waals surface area contributed by atoms with Crippen molar-refractivity contribution >= 4 is 6.09 Å². The number of ether oxygens (including phenoxy) is 1. The first-order valence-corrected chi connectivity index (χ1v) is 8.19. The van der Waals surface area contributed by atoms with Crippen LogP contribution in [-0.4, -0.2) is 67.3 Å². The molecule has 126 valence electrons. The Hall–Kier alpha value is -0.810. The normalized spacial score (nSPS) is 14.6. The van der Waals surface area contributed by atoms with Crippen molar-refractivity contribution in [2.45, 2.75) is 66.1 Å². The molecule has 0 heterocycles. The van der Waals surface area contributed by atoms with E-state index in [1.807, 2.05) is 13.8 Å². The highest BCUT2D eigenvalue weighted by atomic mass is 16.5. The van der Waals surface area contributed by atoms with Gasteiger partial charge >= 0.3 is 6.09 Å². The molecular formula is C16H35N3O2. The van der Waals surface area contributed by atoms with E-state index in [2.05, 4.69) is 49.9 Å². The van der Waals surface area contributed by atoms with Gasteiger partial charge in [0, 0.05) is 24.7 Å². The van der Waals surface area contributed by atoms with Crippen molar-refractivity contribution in [3.05, 3.63) is 0 Å². The van der Waals surface area contributed by atoms with Gasteiger partial charge in [-0.05, 0) is 54.3 Å². The third kappa shape index (κ3) is 8.94. The van der Waals surface area contributed by atoms with E-state index in [1.165, 1.54) is 0 Å². The largest absolute Gasteiger partial charge is 0.448 e. The molecule has 0 aliphatic carbocycles. The zero-order valence-electron chi connectivity index (χ0n) is 15.0. The van der Waals surface area contributed by atoms with Crippen molar-refractivity contribution in [1.29, 1.82) is 0 Å². The van der Waals surface area contributed by atoms with Crippen molar-refractivity contribution in [2.24, 2.45) is 0 Å². The van der Waals surface area contributed by atoms with Crippen molar-refractivity contribution in [2.75, 3.05) is 33.3 Å². The average Bonchev–Trinajstić information content (AvgIpc) is 2.38. The minimum atomic E-state index is -0.331. The monoisotopic (exact) mass is 301 g/mol. The SMILES string of the molecule is CCN(CC)C(C)CC(C)N(C)CCOC(=O)NC(C)C. The summed E-state index contributed by atoms with van der Waals surface area (Å²) < 4.78 is 5.17. The van der Waals surface area contributed by atoms with E-state index in [-0.39, 0.29) is 12.1 Å². The van der Waals surface area contributed by atoms with Gasteiger partial charge < -0.3 is 19.9 Å². The fourth-order valence-electron chi connectivity index (χ4n) is 2.45. The van der Waals surface area contributed by atoms with Gasteiger partial charge in [-0.3, -0.25) is 0 Å². The fraction of sp³-hybridized carbons (Fsp3) is 0.938. The highest BCUT2D eigenvalue weighted by Crippen LogP contribution is 2.10. The zero-order valence-corrected chi connectivity index (χ0v) is 15.0. The Kier molecular flexibility index (Phi) is 10.4. The third-order valence-corrected chi connectivity index (χ3v) is 3.95. The number of hydrogen-bond acceptors (Lipinski definition) is 4. The van der Waals surface area contributed by atoms with Crippen LogP contribution in [0.2, 0.25) is 0 Å². The number of likely N-dealkylation sites (N-methyl/N-ethyl adjacent to an activating group) is 1. The molecule has 0 rings (SSSR count). The lowest BCUT2D eigenvalue weighted by Crippen LogP contribution is -2.41. The molecule has 0 saturated carbocycles. The number of nitrogens with one attached hydrogen (secondary N) is 1. The van der Waals surface area contributed by atoms with Crippen molar-refractivity contribution in [3.63, 3.8) is 0 Å². The fourth-order valence-corrected chi connectivity index (χ4v) is 2.45. The summed E-state index contributed by atoms with van der Waals surface area (Å²) in [6.07, 6.45) is 0.790. The van der Waals surface area contributed by atoms with E-state index in [0.29, 0.717) is 18.7 Å². The number of rotatable bonds is 10. The molecule has 1 amide bonds. The summed E-state index contributed by atoms with van der Waals surface area (Å²) in [6.45, 7) is 16.1. The zero-order chi connectivity index (χ0) is 16.4. The lowest BCUT2D eigenvalue weighted by atomic mass is 10.1. The smallest absolute Gasteiger partial charge is 0.407 e. The molecule has 0 radical (unpaired) electrons. The van der Waals surface area contributed by atoms with Gasteiger partial charge in [0.25, 0.3) is 0 Å². The van der Waals surface area contributed by atoms with E-state index in [1.54, 1.807) is 0 Å². The molecule has 0 aliphatic rings. The standard InChI is InChI=1S/C16H35N3O2/c1-8-19(9-2)15(6)12-14(5)18(7)10-11-21-16(20)17-13(3)4/h13-15H,8-12H2,1-7H3,(H,17,20). The number of carbonyl (C=O) groups excluding carboxylic acids is 1. The maximum atomic E-state index is 11.4. The summed E-state index contributed by atoms with van der Waals surface area (Å²) in [5.41, 5.74) is 0. The third-order valence-electron chi connectivity index (χ3n) is 3.95. The summed E-state index contributed by atoms with van der Waals surface area (Å²) in [4.78, 5) is 16.1. The van der Waals surface area contributed by atoms with Crippen LogP contribution in [0.4, 0.5) is 4.79 Å². The highest BCUT2D eigenvalue weighted by Gasteiger charge is 2.17. The molecule has 21 heavy (non-hydrogen) atoms. The van der Waals surface area contributed by atoms with Crippen LogP contribution >= 0.6 is 0 Å². The van der Waals surface area contributed by atoms with Crippen LogP contribution in [0.15, 0.2) is 0 Å². The molecule has 5 nitrogen and oxygen atoms in total. The number of nitrogens with zero attached hydrogens (tertiary/aromatic N) is 2. The number of carbonyl (C=O) groups is 1. The Morgan fingerprint density at radius 1 is 1.10 bits per heavy atom. The Bertz CT molecular complexity index is 281. The minimum Gasteiger partial charge on any atom is -0.448 e. The van der Waals surface area contributed by atoms with Crippen LogP contribution in [-0.2, 0) is 4.74 Å². The summed E-state index contributed by atoms with van der Waals surface area (Å²) in [5, 5.41) is 2.72. The summed E-state index contributed by atoms with van der Waals surface area (Å²) in [7, 11) is 2.09. The van der Waals surface area contributed by atoms with E-state index in [9.17, 15) is 4.79 Å². The van der Waals surface area contributed by atoms with Crippen LogP contribution in [0.5, 0.6) is 0 Å². The number of hydrogen-bond donors (Lipinski definition) is 1. The lowest BCUT2D eigenvalue weighted by molar-refractivity contribution is 0.112. The quantitative estimate of drug-likeness (QED) is 0.673. The molecule has 2 unspecified atom stereocenters. The minimum absolute atomic E-state index is 0.115. The molecule has 0 aromatic rings. The molecule has 0 bridgehead atoms. The predicted molar refractivity (Wildman–Crippen MR) is 88.7 cm³/mol. The van der Waals surface area contributed by atoms with E-state index < -0.39 is 0 Å². The second-order valence-electron chi connectivity index (χ2n) is 6.07. The van der Waals surface area contributed by atoms with Gasteiger partial charge in [0.2, 0.25) is 0 Å². The first-order valence-electron chi connectivity index (χ1n) is 8.19. The molecule has 0 saturated heterocycles. The number of alkyl carbamates (subject to hydrolysis) is 1. The molecular weight excluding hydrogens is 266 g/mol. The lowest BCUT2D eigenvalue weighted by Gasteiger charge is -2.32. The molecule has 1 N–H and O–H groups in total. The van der Waals surface area contributed by atoms with Crippen LogP contribution in [0.25, 0.3) is 0 Å². The Morgan fingerprint density at radius 2 is 1.67 bits per heavy atom.